The van der Waals surface area contributed by atoms with Crippen molar-refractivity contribution in [3.05, 3.63) is 24.3 Å². The third-order valence-corrected chi connectivity index (χ3v) is 2.52. The van der Waals surface area contributed by atoms with Gasteiger partial charge in [0.2, 0.25) is 0 Å². The number of nitrogens with zero attached hydrogens (tertiary/aromatic N) is 2. The summed E-state index contributed by atoms with van der Waals surface area (Å²) in [6.45, 7) is 6.06. The molecule has 0 fully saturated rings. The molecule has 1 aromatic carbocycles. The maximum absolute atomic E-state index is 11.4. The van der Waals surface area contributed by atoms with Crippen LogP contribution in [0.25, 0.3) is 0 Å². The fraction of sp³-hybridized carbons (Fsp3) is 0.462. The largest absolute Gasteiger partial charge is 0.414 e. The summed E-state index contributed by atoms with van der Waals surface area (Å²) in [5.74, 6) is 0.577. The second-order valence-corrected chi connectivity index (χ2v) is 3.93. The van der Waals surface area contributed by atoms with Crippen LogP contribution >= 0.6 is 0 Å². The van der Waals surface area contributed by atoms with Crippen LogP contribution in [0.4, 0.5) is 10.5 Å². The van der Waals surface area contributed by atoms with E-state index in [-0.39, 0.29) is 6.09 Å². The third-order valence-electron chi connectivity index (χ3n) is 2.52. The highest BCUT2D eigenvalue weighted by molar-refractivity contribution is 5.70. The summed E-state index contributed by atoms with van der Waals surface area (Å²) in [5, 5.41) is 0. The van der Waals surface area contributed by atoms with Gasteiger partial charge in [-0.05, 0) is 26.0 Å². The van der Waals surface area contributed by atoms with Crippen molar-refractivity contribution in [3.63, 3.8) is 0 Å². The van der Waals surface area contributed by atoms with Gasteiger partial charge < -0.3 is 14.5 Å². The van der Waals surface area contributed by atoms with Gasteiger partial charge in [-0.15, -0.1) is 0 Å². The molecule has 0 saturated carbocycles. The highest BCUT2D eigenvalue weighted by Gasteiger charge is 2.08. The average Bonchev–Trinajstić information content (AvgIpc) is 2.31. The van der Waals surface area contributed by atoms with E-state index in [1.54, 1.807) is 20.2 Å². The van der Waals surface area contributed by atoms with Gasteiger partial charge in [-0.1, -0.05) is 6.07 Å². The van der Waals surface area contributed by atoms with E-state index in [4.69, 9.17) is 4.74 Å². The highest BCUT2D eigenvalue weighted by atomic mass is 16.6. The molecule has 17 heavy (non-hydrogen) atoms. The molecule has 0 atom stereocenters. The first kappa shape index (κ1) is 13.4. The highest BCUT2D eigenvalue weighted by Crippen LogP contribution is 2.21. The van der Waals surface area contributed by atoms with Crippen molar-refractivity contribution in [2.45, 2.75) is 13.8 Å². The molecule has 0 saturated heterocycles. The van der Waals surface area contributed by atoms with Gasteiger partial charge in [0, 0.05) is 38.9 Å². The Morgan fingerprint density at radius 3 is 2.41 bits per heavy atom. The lowest BCUT2D eigenvalue weighted by atomic mass is 10.2. The summed E-state index contributed by atoms with van der Waals surface area (Å²) < 4.78 is 5.22. The number of hydrogen-bond acceptors (Lipinski definition) is 3. The molecule has 0 aliphatic carbocycles. The number of anilines is 1. The monoisotopic (exact) mass is 236 g/mol. The molecular formula is C13H20N2O2. The maximum Gasteiger partial charge on any atom is 0.414 e. The van der Waals surface area contributed by atoms with Gasteiger partial charge in [0.05, 0.1) is 0 Å². The van der Waals surface area contributed by atoms with E-state index in [0.717, 1.165) is 18.8 Å². The smallest absolute Gasteiger partial charge is 0.410 e. The zero-order valence-corrected chi connectivity index (χ0v) is 10.9. The Morgan fingerprint density at radius 2 is 1.88 bits per heavy atom. The number of carbonyl (C=O) groups excluding carboxylic acids is 1. The van der Waals surface area contributed by atoms with Crippen molar-refractivity contribution < 1.29 is 9.53 Å². The van der Waals surface area contributed by atoms with Gasteiger partial charge in [-0.2, -0.15) is 0 Å². The molecule has 0 spiro atoms. The molecule has 4 nitrogen and oxygen atoms in total. The minimum atomic E-state index is -0.360. The van der Waals surface area contributed by atoms with Crippen molar-refractivity contribution >= 4 is 11.8 Å². The van der Waals surface area contributed by atoms with Crippen LogP contribution < -0.4 is 9.64 Å². The van der Waals surface area contributed by atoms with Crippen LogP contribution in [0.15, 0.2) is 24.3 Å². The predicted molar refractivity (Wildman–Crippen MR) is 69.7 cm³/mol. The molecule has 0 unspecified atom stereocenters. The van der Waals surface area contributed by atoms with E-state index in [1.165, 1.54) is 4.90 Å². The number of rotatable bonds is 4. The third kappa shape index (κ3) is 3.66. The molecule has 1 rings (SSSR count). The van der Waals surface area contributed by atoms with Gasteiger partial charge in [0.1, 0.15) is 5.75 Å². The first-order chi connectivity index (χ1) is 8.08. The number of carbonyl (C=O) groups is 1. The van der Waals surface area contributed by atoms with Crippen LogP contribution in [-0.4, -0.2) is 38.2 Å². The van der Waals surface area contributed by atoms with Crippen molar-refractivity contribution in [2.75, 3.05) is 32.1 Å². The van der Waals surface area contributed by atoms with Gasteiger partial charge in [0.25, 0.3) is 0 Å². The van der Waals surface area contributed by atoms with Gasteiger partial charge in [0.15, 0.2) is 0 Å². The zero-order chi connectivity index (χ0) is 12.8. The van der Waals surface area contributed by atoms with Crippen LogP contribution in [0.5, 0.6) is 5.75 Å². The molecule has 0 aliphatic heterocycles. The van der Waals surface area contributed by atoms with E-state index in [9.17, 15) is 4.79 Å². The maximum atomic E-state index is 11.4. The summed E-state index contributed by atoms with van der Waals surface area (Å²) in [6.07, 6.45) is -0.360. The molecular weight excluding hydrogens is 216 g/mol. The first-order valence-electron chi connectivity index (χ1n) is 5.82. The molecule has 94 valence electrons. The fourth-order valence-corrected chi connectivity index (χ4v) is 1.52. The summed E-state index contributed by atoms with van der Waals surface area (Å²) in [4.78, 5) is 15.0. The summed E-state index contributed by atoms with van der Waals surface area (Å²) >= 11 is 0. The summed E-state index contributed by atoms with van der Waals surface area (Å²) in [7, 11) is 3.33. The van der Waals surface area contributed by atoms with Crippen molar-refractivity contribution in [1.29, 1.82) is 0 Å². The Hall–Kier alpha value is -1.71. The van der Waals surface area contributed by atoms with Gasteiger partial charge in [-0.3, -0.25) is 0 Å². The number of amides is 1. The van der Waals surface area contributed by atoms with E-state index in [0.29, 0.717) is 5.75 Å². The Labute approximate surface area is 103 Å². The van der Waals surface area contributed by atoms with E-state index in [2.05, 4.69) is 18.7 Å². The summed E-state index contributed by atoms with van der Waals surface area (Å²) in [6, 6.07) is 7.58. The predicted octanol–water partition coefficient (Wildman–Crippen LogP) is 2.59. The van der Waals surface area contributed by atoms with Crippen LogP contribution in [-0.2, 0) is 0 Å². The first-order valence-corrected chi connectivity index (χ1v) is 5.82. The Bertz CT molecular complexity index is 373. The Morgan fingerprint density at radius 1 is 1.24 bits per heavy atom. The molecule has 1 amide bonds. The zero-order valence-electron chi connectivity index (χ0n) is 10.9. The lowest BCUT2D eigenvalue weighted by Crippen LogP contribution is -2.25. The van der Waals surface area contributed by atoms with Crippen LogP contribution in [0.1, 0.15) is 13.8 Å². The lowest BCUT2D eigenvalue weighted by Gasteiger charge is -2.21. The van der Waals surface area contributed by atoms with E-state index >= 15 is 0 Å². The molecule has 0 bridgehead atoms. The Kier molecular flexibility index (Phi) is 4.82. The lowest BCUT2D eigenvalue weighted by molar-refractivity contribution is 0.172. The van der Waals surface area contributed by atoms with Crippen LogP contribution in [0.2, 0.25) is 0 Å². The number of ether oxygens (including phenoxy) is 1. The fourth-order valence-electron chi connectivity index (χ4n) is 1.52. The molecule has 4 heteroatoms. The molecule has 0 N–H and O–H groups in total. The summed E-state index contributed by atoms with van der Waals surface area (Å²) in [5.41, 5.74) is 1.07. The Balaban J connectivity index is 2.82. The van der Waals surface area contributed by atoms with E-state index < -0.39 is 0 Å². The van der Waals surface area contributed by atoms with Crippen LogP contribution in [0.3, 0.4) is 0 Å². The molecule has 0 aliphatic rings. The minimum Gasteiger partial charge on any atom is -0.410 e. The minimum absolute atomic E-state index is 0.360. The number of hydrogen-bond donors (Lipinski definition) is 0. The van der Waals surface area contributed by atoms with Crippen molar-refractivity contribution in [2.24, 2.45) is 0 Å². The van der Waals surface area contributed by atoms with Crippen molar-refractivity contribution in [3.8, 4) is 5.75 Å². The van der Waals surface area contributed by atoms with Gasteiger partial charge in [-0.25, -0.2) is 4.79 Å². The standard InChI is InChI=1S/C13H20N2O2/c1-5-15(6-2)11-8-7-9-12(10-11)17-13(16)14(3)4/h7-10H,5-6H2,1-4H3. The second kappa shape index (κ2) is 6.13. The van der Waals surface area contributed by atoms with E-state index in [1.807, 2.05) is 18.2 Å². The normalized spacial score (nSPS) is 9.88. The quantitative estimate of drug-likeness (QED) is 0.805. The molecule has 0 aromatic heterocycles. The second-order valence-electron chi connectivity index (χ2n) is 3.93. The topological polar surface area (TPSA) is 32.8 Å². The average molecular weight is 236 g/mol. The molecule has 0 heterocycles. The molecule has 0 radical (unpaired) electrons. The van der Waals surface area contributed by atoms with Gasteiger partial charge >= 0.3 is 6.09 Å². The van der Waals surface area contributed by atoms with Crippen LogP contribution in [0, 0.1) is 0 Å². The SMILES string of the molecule is CCN(CC)c1cccc(OC(=O)N(C)C)c1. The van der Waals surface area contributed by atoms with Crippen molar-refractivity contribution in [1.82, 2.24) is 4.90 Å². The molecule has 1 aromatic rings. The number of benzene rings is 1.